The van der Waals surface area contributed by atoms with Crippen LogP contribution in [0.15, 0.2) is 22.7 Å². The van der Waals surface area contributed by atoms with Gasteiger partial charge in [0.05, 0.1) is 0 Å². The van der Waals surface area contributed by atoms with E-state index in [0.29, 0.717) is 4.99 Å². The highest BCUT2D eigenvalue weighted by molar-refractivity contribution is 9.10. The van der Waals surface area contributed by atoms with E-state index >= 15 is 0 Å². The topological polar surface area (TPSA) is 38.0 Å². The Morgan fingerprint density at radius 2 is 2.27 bits per heavy atom. The molecule has 0 bridgehead atoms. The Hall–Kier alpha value is -0.610. The van der Waals surface area contributed by atoms with Gasteiger partial charge < -0.3 is 11.1 Å². The van der Waals surface area contributed by atoms with Crippen LogP contribution in [0.1, 0.15) is 25.3 Å². The molecule has 15 heavy (non-hydrogen) atoms. The molecule has 1 aromatic rings. The van der Waals surface area contributed by atoms with Crippen molar-refractivity contribution in [2.24, 2.45) is 5.73 Å². The maximum Gasteiger partial charge on any atom is 0.106 e. The molecule has 0 spiro atoms. The van der Waals surface area contributed by atoms with Gasteiger partial charge in [-0.1, -0.05) is 41.5 Å². The van der Waals surface area contributed by atoms with Crippen LogP contribution in [0.5, 0.6) is 0 Å². The Morgan fingerprint density at radius 1 is 1.53 bits per heavy atom. The Labute approximate surface area is 104 Å². The van der Waals surface area contributed by atoms with E-state index in [9.17, 15) is 0 Å². The van der Waals surface area contributed by atoms with Crippen LogP contribution in [0, 0.1) is 0 Å². The van der Waals surface area contributed by atoms with Crippen molar-refractivity contribution < 1.29 is 0 Å². The second-order valence-corrected chi connectivity index (χ2v) is 4.69. The molecule has 0 saturated heterocycles. The first kappa shape index (κ1) is 12.5. The van der Waals surface area contributed by atoms with Gasteiger partial charge in [0.25, 0.3) is 0 Å². The number of nitrogens with one attached hydrogen (secondary N) is 1. The van der Waals surface area contributed by atoms with E-state index < -0.39 is 0 Å². The van der Waals surface area contributed by atoms with Crippen molar-refractivity contribution in [1.82, 2.24) is 0 Å². The predicted molar refractivity (Wildman–Crippen MR) is 73.4 cm³/mol. The van der Waals surface area contributed by atoms with Gasteiger partial charge in [0, 0.05) is 22.3 Å². The maximum absolute atomic E-state index is 5.66. The summed E-state index contributed by atoms with van der Waals surface area (Å²) in [5.74, 6) is 0. The molecule has 1 aromatic carbocycles. The molecule has 0 heterocycles. The Balaban J connectivity index is 2.81. The van der Waals surface area contributed by atoms with Gasteiger partial charge in [-0.25, -0.2) is 0 Å². The minimum atomic E-state index is 0.426. The fourth-order valence-corrected chi connectivity index (χ4v) is 1.80. The van der Waals surface area contributed by atoms with E-state index in [1.807, 2.05) is 18.2 Å². The fourth-order valence-electron chi connectivity index (χ4n) is 1.27. The van der Waals surface area contributed by atoms with Crippen LogP contribution < -0.4 is 11.1 Å². The van der Waals surface area contributed by atoms with Crippen molar-refractivity contribution in [2.75, 3.05) is 11.9 Å². The summed E-state index contributed by atoms with van der Waals surface area (Å²) in [6.45, 7) is 3.12. The summed E-state index contributed by atoms with van der Waals surface area (Å²) < 4.78 is 0.992. The number of halogens is 1. The number of thiocarbonyl (C=S) groups is 1. The molecule has 82 valence electrons. The van der Waals surface area contributed by atoms with E-state index in [0.717, 1.165) is 28.7 Å². The second-order valence-electron chi connectivity index (χ2n) is 3.33. The molecule has 0 amide bonds. The van der Waals surface area contributed by atoms with E-state index in [2.05, 4.69) is 28.2 Å². The molecule has 0 atom stereocenters. The monoisotopic (exact) mass is 286 g/mol. The highest BCUT2D eigenvalue weighted by atomic mass is 79.9. The number of nitrogens with two attached hydrogens (primary N) is 1. The van der Waals surface area contributed by atoms with Crippen molar-refractivity contribution in [3.63, 3.8) is 0 Å². The minimum Gasteiger partial charge on any atom is -0.389 e. The second kappa shape index (κ2) is 6.08. The average molecular weight is 287 g/mol. The molecule has 1 rings (SSSR count). The van der Waals surface area contributed by atoms with Crippen molar-refractivity contribution in [3.05, 3.63) is 28.2 Å². The zero-order chi connectivity index (χ0) is 11.3. The first-order chi connectivity index (χ1) is 7.15. The zero-order valence-corrected chi connectivity index (χ0v) is 11.1. The van der Waals surface area contributed by atoms with Crippen LogP contribution in [0.3, 0.4) is 0 Å². The largest absolute Gasteiger partial charge is 0.389 e. The SMILES string of the molecule is CCCCNc1ccc(Br)cc1C(N)=S. The summed E-state index contributed by atoms with van der Waals surface area (Å²) in [5.41, 5.74) is 7.57. The zero-order valence-electron chi connectivity index (χ0n) is 8.72. The lowest BCUT2D eigenvalue weighted by Gasteiger charge is -2.11. The van der Waals surface area contributed by atoms with Gasteiger partial charge in [-0.3, -0.25) is 0 Å². The quantitative estimate of drug-likeness (QED) is 0.644. The summed E-state index contributed by atoms with van der Waals surface area (Å²) in [6.07, 6.45) is 2.32. The third-order valence-electron chi connectivity index (χ3n) is 2.09. The Kier molecular flexibility index (Phi) is 5.05. The van der Waals surface area contributed by atoms with Gasteiger partial charge in [-0.2, -0.15) is 0 Å². The molecule has 0 aromatic heterocycles. The fraction of sp³-hybridized carbons (Fsp3) is 0.364. The van der Waals surface area contributed by atoms with Gasteiger partial charge in [0.2, 0.25) is 0 Å². The van der Waals surface area contributed by atoms with Gasteiger partial charge >= 0.3 is 0 Å². The van der Waals surface area contributed by atoms with Crippen molar-refractivity contribution in [2.45, 2.75) is 19.8 Å². The molecular weight excluding hydrogens is 272 g/mol. The Morgan fingerprint density at radius 3 is 2.87 bits per heavy atom. The van der Waals surface area contributed by atoms with Gasteiger partial charge in [0.1, 0.15) is 4.99 Å². The molecule has 0 unspecified atom stereocenters. The molecule has 0 aliphatic carbocycles. The smallest absolute Gasteiger partial charge is 0.106 e. The summed E-state index contributed by atoms with van der Waals surface area (Å²) in [4.78, 5) is 0.426. The van der Waals surface area contributed by atoms with Crippen molar-refractivity contribution in [3.8, 4) is 0 Å². The molecule has 0 fully saturated rings. The number of rotatable bonds is 5. The van der Waals surface area contributed by atoms with Gasteiger partial charge in [0.15, 0.2) is 0 Å². The molecule has 4 heteroatoms. The molecule has 0 aliphatic heterocycles. The van der Waals surface area contributed by atoms with E-state index in [-0.39, 0.29) is 0 Å². The van der Waals surface area contributed by atoms with Gasteiger partial charge in [-0.15, -0.1) is 0 Å². The van der Waals surface area contributed by atoms with Gasteiger partial charge in [-0.05, 0) is 24.6 Å². The number of unbranched alkanes of at least 4 members (excludes halogenated alkanes) is 1. The van der Waals surface area contributed by atoms with E-state index in [1.54, 1.807) is 0 Å². The highest BCUT2D eigenvalue weighted by Gasteiger charge is 2.04. The number of anilines is 1. The Bertz CT molecular complexity index is 352. The standard InChI is InChI=1S/C11H15BrN2S/c1-2-3-6-14-10-5-4-8(12)7-9(10)11(13)15/h4-5,7,14H,2-3,6H2,1H3,(H2,13,15). The summed E-state index contributed by atoms with van der Waals surface area (Å²) >= 11 is 8.41. The number of benzene rings is 1. The minimum absolute atomic E-state index is 0.426. The highest BCUT2D eigenvalue weighted by Crippen LogP contribution is 2.21. The third kappa shape index (κ3) is 3.80. The predicted octanol–water partition coefficient (Wildman–Crippen LogP) is 3.30. The van der Waals surface area contributed by atoms with Crippen LogP contribution in [-0.2, 0) is 0 Å². The number of hydrogen-bond donors (Lipinski definition) is 2. The molecular formula is C11H15BrN2S. The molecule has 0 aliphatic rings. The number of hydrogen-bond acceptors (Lipinski definition) is 2. The first-order valence-corrected chi connectivity index (χ1v) is 6.18. The van der Waals surface area contributed by atoms with E-state index in [4.69, 9.17) is 18.0 Å². The van der Waals surface area contributed by atoms with Crippen LogP contribution in [0.4, 0.5) is 5.69 Å². The van der Waals surface area contributed by atoms with Crippen molar-refractivity contribution in [1.29, 1.82) is 0 Å². The third-order valence-corrected chi connectivity index (χ3v) is 2.81. The van der Waals surface area contributed by atoms with Crippen LogP contribution in [-0.4, -0.2) is 11.5 Å². The summed E-state index contributed by atoms with van der Waals surface area (Å²) in [5, 5.41) is 3.33. The first-order valence-electron chi connectivity index (χ1n) is 4.98. The average Bonchev–Trinajstić information content (AvgIpc) is 2.20. The van der Waals surface area contributed by atoms with Crippen LogP contribution in [0.25, 0.3) is 0 Å². The normalized spacial score (nSPS) is 10.0. The maximum atomic E-state index is 5.66. The molecule has 0 radical (unpaired) electrons. The summed E-state index contributed by atoms with van der Waals surface area (Å²) in [7, 11) is 0. The lowest BCUT2D eigenvalue weighted by molar-refractivity contribution is 0.834. The molecule has 0 saturated carbocycles. The lowest BCUT2D eigenvalue weighted by atomic mass is 10.1. The lowest BCUT2D eigenvalue weighted by Crippen LogP contribution is -2.13. The van der Waals surface area contributed by atoms with Crippen LogP contribution in [0.2, 0.25) is 0 Å². The van der Waals surface area contributed by atoms with E-state index in [1.165, 1.54) is 6.42 Å². The van der Waals surface area contributed by atoms with Crippen LogP contribution >= 0.6 is 28.1 Å². The van der Waals surface area contributed by atoms with Crippen molar-refractivity contribution >= 4 is 38.8 Å². The summed E-state index contributed by atoms with van der Waals surface area (Å²) in [6, 6.07) is 5.92. The molecule has 2 nitrogen and oxygen atoms in total. The molecule has 3 N–H and O–H groups in total.